The molecule has 0 saturated heterocycles. The number of rotatable bonds is 4. The number of hydrogen-bond acceptors (Lipinski definition) is 3. The Balaban J connectivity index is 2.17. The van der Waals surface area contributed by atoms with E-state index in [0.29, 0.717) is 0 Å². The molecule has 0 aliphatic rings. The van der Waals surface area contributed by atoms with Crippen molar-refractivity contribution in [3.05, 3.63) is 60.2 Å². The van der Waals surface area contributed by atoms with Crippen molar-refractivity contribution in [2.24, 2.45) is 0 Å². The number of benzene rings is 2. The van der Waals surface area contributed by atoms with Gasteiger partial charge in [-0.3, -0.25) is 0 Å². The van der Waals surface area contributed by atoms with E-state index >= 15 is 0 Å². The molecule has 2 aromatic rings. The van der Waals surface area contributed by atoms with Crippen molar-refractivity contribution in [1.29, 1.82) is 0 Å². The van der Waals surface area contributed by atoms with Crippen molar-refractivity contribution in [3.63, 3.8) is 0 Å². The van der Waals surface area contributed by atoms with Crippen LogP contribution in [0.15, 0.2) is 54.6 Å². The maximum absolute atomic E-state index is 11.9. The summed E-state index contributed by atoms with van der Waals surface area (Å²) in [5, 5.41) is 12.3. The second-order valence-corrected chi connectivity index (χ2v) is 6.37. The van der Waals surface area contributed by atoms with Crippen LogP contribution in [-0.4, -0.2) is 23.4 Å². The zero-order chi connectivity index (χ0) is 16.9. The van der Waals surface area contributed by atoms with Gasteiger partial charge in [0, 0.05) is 0 Å². The number of alkyl carbamates (subject to hydrolysis) is 1. The summed E-state index contributed by atoms with van der Waals surface area (Å²) in [7, 11) is 0. The first-order valence-electron chi connectivity index (χ1n) is 7.65. The number of carbonyl (C=O) groups is 1. The average molecular weight is 313 g/mol. The fourth-order valence-electron chi connectivity index (χ4n) is 2.25. The molecule has 0 heterocycles. The van der Waals surface area contributed by atoms with Crippen LogP contribution in [0.25, 0.3) is 11.1 Å². The second kappa shape index (κ2) is 7.29. The summed E-state index contributed by atoms with van der Waals surface area (Å²) in [6.07, 6.45) is -0.540. The molecule has 2 aromatic carbocycles. The van der Waals surface area contributed by atoms with Gasteiger partial charge >= 0.3 is 6.09 Å². The lowest BCUT2D eigenvalue weighted by atomic mass is 10.00. The van der Waals surface area contributed by atoms with Crippen LogP contribution in [0.4, 0.5) is 4.79 Å². The zero-order valence-electron chi connectivity index (χ0n) is 13.7. The standard InChI is InChI=1S/C19H23NO3/c1-19(2,3)23-18(22)20-17(13-21)16-11-7-10-15(12-16)14-8-5-4-6-9-14/h4-12,17,21H,13H2,1-3H3,(H,20,22)/t17-/m1/s1. The van der Waals surface area contributed by atoms with Crippen LogP contribution in [0.2, 0.25) is 0 Å². The van der Waals surface area contributed by atoms with Gasteiger partial charge in [-0.05, 0) is 43.5 Å². The maximum atomic E-state index is 11.9. The number of ether oxygens (including phenoxy) is 1. The average Bonchev–Trinajstić information content (AvgIpc) is 2.52. The first kappa shape index (κ1) is 17.0. The van der Waals surface area contributed by atoms with Crippen molar-refractivity contribution in [2.75, 3.05) is 6.61 Å². The molecule has 1 amide bonds. The molecule has 23 heavy (non-hydrogen) atoms. The van der Waals surface area contributed by atoms with Crippen LogP contribution < -0.4 is 5.32 Å². The van der Waals surface area contributed by atoms with Gasteiger partial charge in [-0.25, -0.2) is 4.79 Å². The number of aliphatic hydroxyl groups excluding tert-OH is 1. The largest absolute Gasteiger partial charge is 0.444 e. The highest BCUT2D eigenvalue weighted by Gasteiger charge is 2.20. The van der Waals surface area contributed by atoms with E-state index in [9.17, 15) is 9.90 Å². The smallest absolute Gasteiger partial charge is 0.408 e. The van der Waals surface area contributed by atoms with Gasteiger partial charge in [-0.1, -0.05) is 48.5 Å². The molecule has 2 N–H and O–H groups in total. The monoisotopic (exact) mass is 313 g/mol. The molecular weight excluding hydrogens is 290 g/mol. The van der Waals surface area contributed by atoms with E-state index in [1.807, 2.05) is 54.6 Å². The first-order valence-corrected chi connectivity index (χ1v) is 7.65. The molecule has 0 spiro atoms. The number of aliphatic hydroxyl groups is 1. The van der Waals surface area contributed by atoms with E-state index in [1.54, 1.807) is 20.8 Å². The van der Waals surface area contributed by atoms with Gasteiger partial charge in [-0.2, -0.15) is 0 Å². The van der Waals surface area contributed by atoms with Crippen LogP contribution in [-0.2, 0) is 4.74 Å². The Hall–Kier alpha value is -2.33. The zero-order valence-corrected chi connectivity index (χ0v) is 13.7. The molecule has 2 rings (SSSR count). The molecular formula is C19H23NO3. The van der Waals surface area contributed by atoms with Crippen molar-refractivity contribution < 1.29 is 14.6 Å². The molecule has 0 unspecified atom stereocenters. The van der Waals surface area contributed by atoms with Gasteiger partial charge in [0.05, 0.1) is 12.6 Å². The topological polar surface area (TPSA) is 58.6 Å². The van der Waals surface area contributed by atoms with E-state index in [-0.39, 0.29) is 6.61 Å². The summed E-state index contributed by atoms with van der Waals surface area (Å²) >= 11 is 0. The summed E-state index contributed by atoms with van der Waals surface area (Å²) in [4.78, 5) is 11.9. The summed E-state index contributed by atoms with van der Waals surface area (Å²) in [5.74, 6) is 0. The van der Waals surface area contributed by atoms with Crippen molar-refractivity contribution in [1.82, 2.24) is 5.32 Å². The normalized spacial score (nSPS) is 12.5. The number of hydrogen-bond donors (Lipinski definition) is 2. The second-order valence-electron chi connectivity index (χ2n) is 6.37. The van der Waals surface area contributed by atoms with Crippen molar-refractivity contribution in [2.45, 2.75) is 32.4 Å². The highest BCUT2D eigenvalue weighted by atomic mass is 16.6. The fourth-order valence-corrected chi connectivity index (χ4v) is 2.25. The van der Waals surface area contributed by atoms with Crippen molar-refractivity contribution >= 4 is 6.09 Å². The summed E-state index contributed by atoms with van der Waals surface area (Å²) < 4.78 is 5.25. The molecule has 0 aromatic heterocycles. The predicted octanol–water partition coefficient (Wildman–Crippen LogP) is 3.91. The molecule has 122 valence electrons. The minimum atomic E-state index is -0.573. The third-order valence-corrected chi connectivity index (χ3v) is 3.27. The van der Waals surface area contributed by atoms with Gasteiger partial charge in [0.25, 0.3) is 0 Å². The molecule has 0 fully saturated rings. The maximum Gasteiger partial charge on any atom is 0.408 e. The quantitative estimate of drug-likeness (QED) is 0.899. The SMILES string of the molecule is CC(C)(C)OC(=O)N[C@H](CO)c1cccc(-c2ccccc2)c1. The Morgan fingerprint density at radius 1 is 1.09 bits per heavy atom. The van der Waals surface area contributed by atoms with Crippen LogP contribution >= 0.6 is 0 Å². The molecule has 0 aliphatic carbocycles. The van der Waals surface area contributed by atoms with E-state index < -0.39 is 17.7 Å². The van der Waals surface area contributed by atoms with E-state index in [4.69, 9.17) is 4.74 Å². The number of carbonyl (C=O) groups excluding carboxylic acids is 1. The lowest BCUT2D eigenvalue weighted by Crippen LogP contribution is -2.36. The van der Waals surface area contributed by atoms with Gasteiger partial charge < -0.3 is 15.2 Å². The van der Waals surface area contributed by atoms with E-state index in [2.05, 4.69) is 5.32 Å². The first-order chi connectivity index (χ1) is 10.9. The van der Waals surface area contributed by atoms with Gasteiger partial charge in [0.2, 0.25) is 0 Å². The predicted molar refractivity (Wildman–Crippen MR) is 91.1 cm³/mol. The lowest BCUT2D eigenvalue weighted by Gasteiger charge is -2.23. The highest BCUT2D eigenvalue weighted by Crippen LogP contribution is 2.23. The Labute approximate surface area is 137 Å². The van der Waals surface area contributed by atoms with Crippen LogP contribution in [0, 0.1) is 0 Å². The number of amides is 1. The van der Waals surface area contributed by atoms with Gasteiger partial charge in [-0.15, -0.1) is 0 Å². The van der Waals surface area contributed by atoms with Crippen LogP contribution in [0.5, 0.6) is 0 Å². The molecule has 4 heteroatoms. The van der Waals surface area contributed by atoms with E-state index in [0.717, 1.165) is 16.7 Å². The lowest BCUT2D eigenvalue weighted by molar-refractivity contribution is 0.0482. The molecule has 0 aliphatic heterocycles. The van der Waals surface area contributed by atoms with Gasteiger partial charge in [0.1, 0.15) is 5.60 Å². The molecule has 0 bridgehead atoms. The molecule has 0 radical (unpaired) electrons. The molecule has 1 atom stereocenters. The van der Waals surface area contributed by atoms with Crippen LogP contribution in [0.1, 0.15) is 32.4 Å². The molecule has 4 nitrogen and oxygen atoms in total. The Bertz CT molecular complexity index is 647. The minimum Gasteiger partial charge on any atom is -0.444 e. The summed E-state index contributed by atoms with van der Waals surface area (Å²) in [6, 6.07) is 17.2. The van der Waals surface area contributed by atoms with E-state index in [1.165, 1.54) is 0 Å². The van der Waals surface area contributed by atoms with Crippen LogP contribution in [0.3, 0.4) is 0 Å². The Kier molecular flexibility index (Phi) is 5.40. The third-order valence-electron chi connectivity index (χ3n) is 3.27. The summed E-state index contributed by atoms with van der Waals surface area (Å²) in [5.41, 5.74) is 2.38. The van der Waals surface area contributed by atoms with Crippen molar-refractivity contribution in [3.8, 4) is 11.1 Å². The summed E-state index contributed by atoms with van der Waals surface area (Å²) in [6.45, 7) is 5.21. The molecule has 0 saturated carbocycles. The fraction of sp³-hybridized carbons (Fsp3) is 0.316. The number of nitrogens with one attached hydrogen (secondary N) is 1. The van der Waals surface area contributed by atoms with Gasteiger partial charge in [0.15, 0.2) is 0 Å². The minimum absolute atomic E-state index is 0.197. The Morgan fingerprint density at radius 3 is 2.35 bits per heavy atom. The third kappa shape index (κ3) is 5.11. The highest BCUT2D eigenvalue weighted by molar-refractivity contribution is 5.69. The Morgan fingerprint density at radius 2 is 1.74 bits per heavy atom.